The Morgan fingerprint density at radius 2 is 1.79 bits per heavy atom. The van der Waals surface area contributed by atoms with Gasteiger partial charge in [-0.25, -0.2) is 18.7 Å². The molecular weight excluding hydrogens is 371 g/mol. The third-order valence-corrected chi connectivity index (χ3v) is 4.69. The lowest BCUT2D eigenvalue weighted by Crippen LogP contribution is -2.32. The molecule has 2 aromatic heterocycles. The number of fused-ring (bicyclic) bond motifs is 1. The van der Waals surface area contributed by atoms with Gasteiger partial charge in [0.1, 0.15) is 12.4 Å². The normalized spacial score (nSPS) is 11.0. The lowest BCUT2D eigenvalue weighted by Gasteiger charge is -2.06. The number of rotatable bonds is 5. The van der Waals surface area contributed by atoms with Gasteiger partial charge < -0.3 is 5.32 Å². The van der Waals surface area contributed by atoms with Gasteiger partial charge in [-0.3, -0.25) is 9.36 Å². The number of benzene rings is 2. The van der Waals surface area contributed by atoms with Crippen molar-refractivity contribution in [2.75, 3.05) is 0 Å². The Bertz CT molecular complexity index is 1220. The van der Waals surface area contributed by atoms with E-state index in [1.165, 1.54) is 21.3 Å². The number of nitrogens with one attached hydrogen (secondary N) is 1. The molecule has 1 N–H and O–H groups in total. The van der Waals surface area contributed by atoms with Crippen LogP contribution in [0.5, 0.6) is 0 Å². The van der Waals surface area contributed by atoms with E-state index in [1.54, 1.807) is 30.5 Å². The van der Waals surface area contributed by atoms with Gasteiger partial charge in [0, 0.05) is 12.7 Å². The molecule has 0 aliphatic heterocycles. The van der Waals surface area contributed by atoms with Gasteiger partial charge in [0.2, 0.25) is 5.91 Å². The van der Waals surface area contributed by atoms with Crippen molar-refractivity contribution in [2.24, 2.45) is 0 Å². The molecule has 0 saturated heterocycles. The second-order valence-electron chi connectivity index (χ2n) is 6.79. The average molecular weight is 390 g/mol. The van der Waals surface area contributed by atoms with Crippen LogP contribution < -0.4 is 11.0 Å². The molecule has 6 nitrogen and oxygen atoms in total. The molecule has 2 heterocycles. The largest absolute Gasteiger partial charge is 0.350 e. The summed E-state index contributed by atoms with van der Waals surface area (Å²) in [4.78, 5) is 29.9. The molecule has 0 saturated carbocycles. The fraction of sp³-hybridized carbons (Fsp3) is 0.136. The number of pyridine rings is 1. The van der Waals surface area contributed by atoms with Gasteiger partial charge in [-0.2, -0.15) is 0 Å². The van der Waals surface area contributed by atoms with E-state index >= 15 is 0 Å². The molecular formula is C22H19FN4O2. The van der Waals surface area contributed by atoms with Crippen LogP contribution in [0, 0.1) is 12.7 Å². The molecule has 29 heavy (non-hydrogen) atoms. The molecule has 2 aromatic carbocycles. The molecule has 0 aliphatic rings. The molecule has 146 valence electrons. The lowest BCUT2D eigenvalue weighted by atomic mass is 10.2. The van der Waals surface area contributed by atoms with Gasteiger partial charge >= 0.3 is 5.69 Å². The summed E-state index contributed by atoms with van der Waals surface area (Å²) in [5, 5.41) is 2.76. The first-order valence-corrected chi connectivity index (χ1v) is 9.17. The summed E-state index contributed by atoms with van der Waals surface area (Å²) in [7, 11) is 0. The predicted octanol–water partition coefficient (Wildman–Crippen LogP) is 2.95. The molecule has 0 fully saturated rings. The minimum absolute atomic E-state index is 0.138. The van der Waals surface area contributed by atoms with E-state index in [0.29, 0.717) is 16.9 Å². The highest BCUT2D eigenvalue weighted by molar-refractivity contribution is 5.80. The number of hydrogen-bond donors (Lipinski definition) is 1. The Morgan fingerprint density at radius 1 is 1.07 bits per heavy atom. The smallest absolute Gasteiger partial charge is 0.335 e. The first-order chi connectivity index (χ1) is 14.0. The Balaban J connectivity index is 1.63. The van der Waals surface area contributed by atoms with E-state index in [4.69, 9.17) is 0 Å². The number of nitrogens with zero attached hydrogens (tertiary/aromatic N) is 3. The average Bonchev–Trinajstić information content (AvgIpc) is 3.00. The van der Waals surface area contributed by atoms with E-state index in [9.17, 15) is 14.0 Å². The topological polar surface area (TPSA) is 68.9 Å². The third kappa shape index (κ3) is 3.80. The van der Waals surface area contributed by atoms with Gasteiger partial charge in [-0.05, 0) is 48.9 Å². The highest BCUT2D eigenvalue weighted by Crippen LogP contribution is 2.16. The first kappa shape index (κ1) is 18.6. The van der Waals surface area contributed by atoms with Crippen LogP contribution in [-0.4, -0.2) is 20.0 Å². The molecule has 0 spiro atoms. The summed E-state index contributed by atoms with van der Waals surface area (Å²) in [5.74, 6) is -0.647. The van der Waals surface area contributed by atoms with Crippen molar-refractivity contribution in [3.63, 3.8) is 0 Å². The lowest BCUT2D eigenvalue weighted by molar-refractivity contribution is -0.121. The summed E-state index contributed by atoms with van der Waals surface area (Å²) in [6.45, 7) is 2.09. The third-order valence-electron chi connectivity index (χ3n) is 4.69. The van der Waals surface area contributed by atoms with Crippen LogP contribution in [0.3, 0.4) is 0 Å². The number of aryl methyl sites for hydroxylation is 1. The fourth-order valence-corrected chi connectivity index (χ4v) is 3.17. The molecule has 0 atom stereocenters. The minimum Gasteiger partial charge on any atom is -0.350 e. The Morgan fingerprint density at radius 3 is 2.52 bits per heavy atom. The van der Waals surface area contributed by atoms with Crippen LogP contribution in [0.1, 0.15) is 11.1 Å². The molecule has 0 radical (unpaired) electrons. The van der Waals surface area contributed by atoms with Crippen molar-refractivity contribution in [1.82, 2.24) is 19.4 Å². The second kappa shape index (κ2) is 7.71. The van der Waals surface area contributed by atoms with Crippen LogP contribution >= 0.6 is 0 Å². The van der Waals surface area contributed by atoms with Gasteiger partial charge in [0.05, 0.1) is 11.2 Å². The maximum Gasteiger partial charge on any atom is 0.335 e. The van der Waals surface area contributed by atoms with Crippen molar-refractivity contribution in [1.29, 1.82) is 0 Å². The number of amides is 1. The van der Waals surface area contributed by atoms with Crippen LogP contribution in [0.4, 0.5) is 4.39 Å². The van der Waals surface area contributed by atoms with Crippen LogP contribution in [0.2, 0.25) is 0 Å². The standard InChI is InChI=1S/C22H19FN4O2/c1-15-4-10-18(11-5-15)27-21-19(3-2-12-24-21)26(22(27)29)14-20(28)25-13-16-6-8-17(23)9-7-16/h2-12H,13-14H2,1H3,(H,25,28). The zero-order chi connectivity index (χ0) is 20.4. The highest BCUT2D eigenvalue weighted by Gasteiger charge is 2.17. The predicted molar refractivity (Wildman–Crippen MR) is 108 cm³/mol. The fourth-order valence-electron chi connectivity index (χ4n) is 3.17. The first-order valence-electron chi connectivity index (χ1n) is 9.17. The summed E-state index contributed by atoms with van der Waals surface area (Å²) in [6, 6.07) is 16.9. The molecule has 7 heteroatoms. The molecule has 1 amide bonds. The van der Waals surface area contributed by atoms with Crippen molar-refractivity contribution < 1.29 is 9.18 Å². The van der Waals surface area contributed by atoms with E-state index in [0.717, 1.165) is 11.1 Å². The monoisotopic (exact) mass is 390 g/mol. The van der Waals surface area contributed by atoms with Crippen molar-refractivity contribution in [2.45, 2.75) is 20.0 Å². The number of imidazole rings is 1. The molecule has 4 rings (SSSR count). The highest BCUT2D eigenvalue weighted by atomic mass is 19.1. The summed E-state index contributed by atoms with van der Waals surface area (Å²) in [5.41, 5.74) is 3.28. The van der Waals surface area contributed by atoms with Crippen molar-refractivity contribution >= 4 is 17.1 Å². The molecule has 0 bridgehead atoms. The van der Waals surface area contributed by atoms with Gasteiger partial charge in [0.15, 0.2) is 5.65 Å². The Hall–Kier alpha value is -3.74. The Kier molecular flexibility index (Phi) is 4.95. The number of halogens is 1. The van der Waals surface area contributed by atoms with E-state index in [2.05, 4.69) is 10.3 Å². The number of carbonyl (C=O) groups excluding carboxylic acids is 1. The number of hydrogen-bond acceptors (Lipinski definition) is 3. The number of aromatic nitrogens is 3. The van der Waals surface area contributed by atoms with E-state index in [-0.39, 0.29) is 30.5 Å². The van der Waals surface area contributed by atoms with Crippen LogP contribution in [0.15, 0.2) is 71.7 Å². The van der Waals surface area contributed by atoms with Crippen molar-refractivity contribution in [3.8, 4) is 5.69 Å². The summed E-state index contributed by atoms with van der Waals surface area (Å²) in [6.07, 6.45) is 1.62. The maximum atomic E-state index is 13.1. The van der Waals surface area contributed by atoms with Gasteiger partial charge in [-0.15, -0.1) is 0 Å². The number of carbonyl (C=O) groups is 1. The minimum atomic E-state index is -0.334. The quantitative estimate of drug-likeness (QED) is 0.570. The SMILES string of the molecule is Cc1ccc(-n2c(=O)n(CC(=O)NCc3ccc(F)cc3)c3cccnc32)cc1. The maximum absolute atomic E-state index is 13.1. The summed E-state index contributed by atoms with van der Waals surface area (Å²) < 4.78 is 15.9. The summed E-state index contributed by atoms with van der Waals surface area (Å²) >= 11 is 0. The molecule has 4 aromatic rings. The zero-order valence-corrected chi connectivity index (χ0v) is 15.8. The second-order valence-corrected chi connectivity index (χ2v) is 6.79. The van der Waals surface area contributed by atoms with E-state index < -0.39 is 0 Å². The molecule has 0 unspecified atom stereocenters. The van der Waals surface area contributed by atoms with Gasteiger partial charge in [-0.1, -0.05) is 29.8 Å². The van der Waals surface area contributed by atoms with Crippen LogP contribution in [0.25, 0.3) is 16.9 Å². The van der Waals surface area contributed by atoms with Crippen LogP contribution in [-0.2, 0) is 17.9 Å². The zero-order valence-electron chi connectivity index (χ0n) is 15.8. The molecule has 0 aliphatic carbocycles. The van der Waals surface area contributed by atoms with Crippen molar-refractivity contribution in [3.05, 3.63) is 94.3 Å². The Labute approximate surface area is 166 Å². The van der Waals surface area contributed by atoms with Gasteiger partial charge in [0.25, 0.3) is 0 Å². The van der Waals surface area contributed by atoms with E-state index in [1.807, 2.05) is 31.2 Å².